The van der Waals surface area contributed by atoms with Crippen molar-refractivity contribution < 1.29 is 0 Å². The molecule has 0 aromatic carbocycles. The highest BCUT2D eigenvalue weighted by Gasteiger charge is 2.21. The van der Waals surface area contributed by atoms with Crippen LogP contribution in [0.1, 0.15) is 14.9 Å². The lowest BCUT2D eigenvalue weighted by Crippen LogP contribution is -2.55. The predicted octanol–water partition coefficient (Wildman–Crippen LogP) is 0.890. The summed E-state index contributed by atoms with van der Waals surface area (Å²) < 4.78 is 0. The molecule has 0 radical (unpaired) electrons. The molecule has 0 atom stereocenters. The van der Waals surface area contributed by atoms with E-state index in [0.717, 1.165) is 0 Å². The summed E-state index contributed by atoms with van der Waals surface area (Å²) in [5.74, 6) is 0. The zero-order chi connectivity index (χ0) is 5.40. The Morgan fingerprint density at radius 1 is 0.500 bits per heavy atom. The molecule has 3 aliphatic rings. The molecule has 0 saturated carbocycles. The largest absolute Gasteiger partial charge is 0.300 e. The van der Waals surface area contributed by atoms with Crippen LogP contribution < -0.4 is 0 Å². The Hall–Kier alpha value is -0.0800. The fourth-order valence-electron chi connectivity index (χ4n) is 1.52. The average Bonchev–Trinajstić information content (AvgIpc) is 1.92. The van der Waals surface area contributed by atoms with Crippen molar-refractivity contribution in [3.8, 4) is 0 Å². The highest BCUT2D eigenvalue weighted by molar-refractivity contribution is 4.78. The summed E-state index contributed by atoms with van der Waals surface area (Å²) in [6.07, 6.45) is 0. The maximum Gasteiger partial charge on any atom is 0.0110 e. The third kappa shape index (κ3) is 1.70. The summed E-state index contributed by atoms with van der Waals surface area (Å²) in [7, 11) is 0. The molecule has 3 heterocycles. The second-order valence-corrected chi connectivity index (χ2v) is 2.68. The standard InChI is InChI=1S/C6H12N2.2CH4/c1-2-8-5-3-7(1)4-6-8;;/h1-6H2;2*1H4. The fourth-order valence-corrected chi connectivity index (χ4v) is 1.52. The Labute approximate surface area is 64.8 Å². The van der Waals surface area contributed by atoms with E-state index in [1.165, 1.54) is 39.3 Å². The topological polar surface area (TPSA) is 6.48 Å². The van der Waals surface area contributed by atoms with Gasteiger partial charge in [0.25, 0.3) is 0 Å². The molecule has 2 nitrogen and oxygen atoms in total. The summed E-state index contributed by atoms with van der Waals surface area (Å²) in [5, 5.41) is 0. The molecule has 0 spiro atoms. The second-order valence-electron chi connectivity index (χ2n) is 2.68. The van der Waals surface area contributed by atoms with Crippen molar-refractivity contribution in [3.05, 3.63) is 0 Å². The van der Waals surface area contributed by atoms with Gasteiger partial charge in [-0.25, -0.2) is 0 Å². The highest BCUT2D eigenvalue weighted by Crippen LogP contribution is 2.06. The van der Waals surface area contributed by atoms with E-state index in [2.05, 4.69) is 9.80 Å². The van der Waals surface area contributed by atoms with Gasteiger partial charge in [0.15, 0.2) is 0 Å². The summed E-state index contributed by atoms with van der Waals surface area (Å²) in [6.45, 7) is 7.92. The molecule has 0 N–H and O–H groups in total. The first-order valence-corrected chi connectivity index (χ1v) is 3.40. The third-order valence-electron chi connectivity index (χ3n) is 2.20. The van der Waals surface area contributed by atoms with Crippen molar-refractivity contribution in [2.75, 3.05) is 39.3 Å². The van der Waals surface area contributed by atoms with Crippen molar-refractivity contribution in [1.29, 1.82) is 0 Å². The fraction of sp³-hybridized carbons (Fsp3) is 1.00. The van der Waals surface area contributed by atoms with Crippen LogP contribution in [0.15, 0.2) is 0 Å². The monoisotopic (exact) mass is 144 g/mol. The molecular formula is C8H20N2. The Bertz CT molecular complexity index is 62.2. The minimum atomic E-state index is 0. The molecule has 2 bridgehead atoms. The molecule has 3 saturated heterocycles. The van der Waals surface area contributed by atoms with Gasteiger partial charge in [-0.3, -0.25) is 9.80 Å². The van der Waals surface area contributed by atoms with Crippen LogP contribution >= 0.6 is 0 Å². The Morgan fingerprint density at radius 3 is 0.800 bits per heavy atom. The van der Waals surface area contributed by atoms with E-state index < -0.39 is 0 Å². The molecule has 0 aliphatic carbocycles. The molecule has 0 unspecified atom stereocenters. The van der Waals surface area contributed by atoms with Crippen molar-refractivity contribution in [3.63, 3.8) is 0 Å². The van der Waals surface area contributed by atoms with Crippen LogP contribution in [-0.4, -0.2) is 49.1 Å². The Balaban J connectivity index is 0.000000405. The molecule has 2 heteroatoms. The highest BCUT2D eigenvalue weighted by atomic mass is 15.3. The quantitative estimate of drug-likeness (QED) is 0.498. The molecule has 3 fully saturated rings. The normalized spacial score (nSPS) is 36.0. The van der Waals surface area contributed by atoms with E-state index in [-0.39, 0.29) is 14.9 Å². The van der Waals surface area contributed by atoms with Gasteiger partial charge in [0.05, 0.1) is 0 Å². The van der Waals surface area contributed by atoms with Gasteiger partial charge in [0, 0.05) is 39.3 Å². The summed E-state index contributed by atoms with van der Waals surface area (Å²) >= 11 is 0. The third-order valence-corrected chi connectivity index (χ3v) is 2.20. The van der Waals surface area contributed by atoms with Gasteiger partial charge in [-0.05, 0) is 0 Å². The van der Waals surface area contributed by atoms with Crippen LogP contribution in [0.5, 0.6) is 0 Å². The van der Waals surface area contributed by atoms with Gasteiger partial charge >= 0.3 is 0 Å². The lowest BCUT2D eigenvalue weighted by molar-refractivity contribution is 0.0647. The average molecular weight is 144 g/mol. The molecule has 0 amide bonds. The lowest BCUT2D eigenvalue weighted by atomic mass is 10.2. The molecule has 0 aromatic heterocycles. The summed E-state index contributed by atoms with van der Waals surface area (Å²) in [4.78, 5) is 5.08. The van der Waals surface area contributed by atoms with Gasteiger partial charge < -0.3 is 0 Å². The van der Waals surface area contributed by atoms with Gasteiger partial charge in [0.1, 0.15) is 0 Å². The van der Waals surface area contributed by atoms with E-state index in [0.29, 0.717) is 0 Å². The number of nitrogens with zero attached hydrogens (tertiary/aromatic N) is 2. The van der Waals surface area contributed by atoms with E-state index in [4.69, 9.17) is 0 Å². The van der Waals surface area contributed by atoms with E-state index in [9.17, 15) is 0 Å². The molecule has 3 aliphatic heterocycles. The van der Waals surface area contributed by atoms with Crippen LogP contribution in [0.3, 0.4) is 0 Å². The van der Waals surface area contributed by atoms with E-state index in [1.807, 2.05) is 0 Å². The summed E-state index contributed by atoms with van der Waals surface area (Å²) in [5.41, 5.74) is 0. The van der Waals surface area contributed by atoms with E-state index in [1.54, 1.807) is 0 Å². The minimum Gasteiger partial charge on any atom is -0.300 e. The van der Waals surface area contributed by atoms with Crippen molar-refractivity contribution in [1.82, 2.24) is 9.80 Å². The van der Waals surface area contributed by atoms with Crippen molar-refractivity contribution in [2.45, 2.75) is 14.9 Å². The smallest absolute Gasteiger partial charge is 0.0110 e. The summed E-state index contributed by atoms with van der Waals surface area (Å²) in [6, 6.07) is 0. The first kappa shape index (κ1) is 9.92. The van der Waals surface area contributed by atoms with Gasteiger partial charge in [0.2, 0.25) is 0 Å². The molecular weight excluding hydrogens is 124 g/mol. The van der Waals surface area contributed by atoms with Crippen LogP contribution in [-0.2, 0) is 0 Å². The van der Waals surface area contributed by atoms with Crippen LogP contribution in [0.4, 0.5) is 0 Å². The molecule has 62 valence electrons. The Morgan fingerprint density at radius 2 is 0.700 bits per heavy atom. The predicted molar refractivity (Wildman–Crippen MR) is 46.3 cm³/mol. The Kier molecular flexibility index (Phi) is 3.91. The van der Waals surface area contributed by atoms with Gasteiger partial charge in [-0.15, -0.1) is 0 Å². The maximum absolute atomic E-state index is 2.54. The maximum atomic E-state index is 2.54. The second kappa shape index (κ2) is 3.94. The SMILES string of the molecule is C.C.C1CN2CCN1CC2. The minimum absolute atomic E-state index is 0. The van der Waals surface area contributed by atoms with E-state index >= 15 is 0 Å². The zero-order valence-corrected chi connectivity index (χ0v) is 5.14. The number of piperazine rings is 3. The van der Waals surface area contributed by atoms with Gasteiger partial charge in [-0.2, -0.15) is 0 Å². The van der Waals surface area contributed by atoms with Crippen LogP contribution in [0.25, 0.3) is 0 Å². The van der Waals surface area contributed by atoms with Crippen molar-refractivity contribution >= 4 is 0 Å². The number of rotatable bonds is 0. The molecule has 3 rings (SSSR count). The van der Waals surface area contributed by atoms with Crippen molar-refractivity contribution in [2.24, 2.45) is 0 Å². The molecule has 10 heavy (non-hydrogen) atoms. The van der Waals surface area contributed by atoms with Crippen LogP contribution in [0.2, 0.25) is 0 Å². The first-order chi connectivity index (χ1) is 3.95. The van der Waals surface area contributed by atoms with Gasteiger partial charge in [-0.1, -0.05) is 14.9 Å². The number of hydrogen-bond donors (Lipinski definition) is 0. The number of fused-ring (bicyclic) bond motifs is 3. The molecule has 0 aromatic rings. The number of hydrogen-bond acceptors (Lipinski definition) is 2. The lowest BCUT2D eigenvalue weighted by Gasteiger charge is -2.41. The zero-order valence-electron chi connectivity index (χ0n) is 5.14. The van der Waals surface area contributed by atoms with Crippen LogP contribution in [0, 0.1) is 0 Å². The first-order valence-electron chi connectivity index (χ1n) is 3.40.